The number of nitrogens with zero attached hydrogens (tertiary/aromatic N) is 1. The Morgan fingerprint density at radius 3 is 1.69 bits per heavy atom. The number of aliphatic imine (C=N–C) groups is 1. The van der Waals surface area contributed by atoms with E-state index in [1.807, 2.05) is 43.4 Å². The highest BCUT2D eigenvalue weighted by atomic mass is 14.8. The second-order valence-corrected chi connectivity index (χ2v) is 9.83. The fourth-order valence-corrected chi connectivity index (χ4v) is 4.92. The van der Waals surface area contributed by atoms with Crippen molar-refractivity contribution in [1.29, 1.82) is 0 Å². The first-order chi connectivity index (χ1) is 18.9. The van der Waals surface area contributed by atoms with Crippen molar-refractivity contribution in [2.75, 3.05) is 0 Å². The van der Waals surface area contributed by atoms with Crippen LogP contribution in [0.4, 0.5) is 0 Å². The van der Waals surface area contributed by atoms with Gasteiger partial charge in [0.15, 0.2) is 0 Å². The van der Waals surface area contributed by atoms with E-state index in [2.05, 4.69) is 119 Å². The number of rotatable bonds is 5. The molecule has 5 aromatic carbocycles. The second kappa shape index (κ2) is 12.8. The number of allylic oxidation sites excluding steroid dienone is 4. The van der Waals surface area contributed by atoms with Crippen molar-refractivity contribution >= 4 is 27.3 Å². The minimum absolute atomic E-state index is 0.941. The Balaban J connectivity index is 0.000000438. The molecule has 0 aromatic heterocycles. The molecule has 0 atom stereocenters. The molecule has 0 saturated heterocycles. The standard InChI is InChI=1S/C31H29N.C7H8/c1-6-13-29(22(4)7-2)32-23(5)30-25-16-8-10-18-27(25)31(24-15-12-14-21(3)20-24)28-19-11-9-17-26(28)30;1-7-5-3-2-4-6-7/h6-20H,2H2,1,3-5H3;2-6H,1H3/b13-6-,29-22+,32-23?;. The first-order valence-corrected chi connectivity index (χ1v) is 13.5. The molecule has 0 saturated carbocycles. The summed E-state index contributed by atoms with van der Waals surface area (Å²) in [5, 5.41) is 4.94. The molecule has 0 unspecified atom stereocenters. The van der Waals surface area contributed by atoms with Crippen LogP contribution in [-0.2, 0) is 0 Å². The smallest absolute Gasteiger partial charge is 0.0658 e. The molecule has 5 rings (SSSR count). The summed E-state index contributed by atoms with van der Waals surface area (Å²) in [6, 6.07) is 36.4. The molecule has 0 amide bonds. The van der Waals surface area contributed by atoms with Crippen molar-refractivity contribution < 1.29 is 0 Å². The van der Waals surface area contributed by atoms with Gasteiger partial charge in [-0.15, -0.1) is 0 Å². The number of aryl methyl sites for hydroxylation is 2. The minimum atomic E-state index is 0.941. The van der Waals surface area contributed by atoms with E-state index in [0.717, 1.165) is 17.0 Å². The van der Waals surface area contributed by atoms with Gasteiger partial charge in [0.05, 0.1) is 5.70 Å². The van der Waals surface area contributed by atoms with Gasteiger partial charge in [-0.05, 0) is 78.9 Å². The molecule has 0 bridgehead atoms. The van der Waals surface area contributed by atoms with Crippen molar-refractivity contribution in [3.8, 4) is 11.1 Å². The lowest BCUT2D eigenvalue weighted by Gasteiger charge is -2.18. The molecule has 0 aliphatic rings. The summed E-state index contributed by atoms with van der Waals surface area (Å²) in [6.45, 7) is 14.3. The zero-order chi connectivity index (χ0) is 27.8. The zero-order valence-electron chi connectivity index (χ0n) is 23.7. The molecule has 1 nitrogen and oxygen atoms in total. The van der Waals surface area contributed by atoms with E-state index in [-0.39, 0.29) is 0 Å². The van der Waals surface area contributed by atoms with E-state index in [9.17, 15) is 0 Å². The van der Waals surface area contributed by atoms with Crippen LogP contribution in [0.3, 0.4) is 0 Å². The Morgan fingerprint density at radius 2 is 1.21 bits per heavy atom. The van der Waals surface area contributed by atoms with E-state index in [0.29, 0.717) is 0 Å². The SMILES string of the molecule is C=C/C(C)=C(\C=C/C)N=C(C)c1c2ccccc2c(-c2cccc(C)c2)c2ccccc12.Cc1ccccc1. The molecular formula is C38H37N. The average molecular weight is 508 g/mol. The molecule has 0 aliphatic heterocycles. The van der Waals surface area contributed by atoms with Gasteiger partial charge in [0, 0.05) is 11.3 Å². The largest absolute Gasteiger partial charge is 0.253 e. The van der Waals surface area contributed by atoms with Crippen LogP contribution in [0, 0.1) is 13.8 Å². The molecule has 194 valence electrons. The number of hydrogen-bond donors (Lipinski definition) is 0. The van der Waals surface area contributed by atoms with Crippen molar-refractivity contribution in [3.63, 3.8) is 0 Å². The summed E-state index contributed by atoms with van der Waals surface area (Å²) in [4.78, 5) is 5.06. The van der Waals surface area contributed by atoms with Gasteiger partial charge in [0.25, 0.3) is 0 Å². The maximum atomic E-state index is 5.06. The van der Waals surface area contributed by atoms with Crippen LogP contribution < -0.4 is 0 Å². The minimum Gasteiger partial charge on any atom is -0.253 e. The number of hydrogen-bond acceptors (Lipinski definition) is 1. The van der Waals surface area contributed by atoms with E-state index in [1.165, 1.54) is 49.4 Å². The third kappa shape index (κ3) is 6.33. The highest BCUT2D eigenvalue weighted by molar-refractivity contribution is 6.25. The maximum absolute atomic E-state index is 5.06. The van der Waals surface area contributed by atoms with Crippen molar-refractivity contribution in [2.45, 2.75) is 34.6 Å². The molecule has 0 radical (unpaired) electrons. The van der Waals surface area contributed by atoms with Gasteiger partial charge in [-0.25, -0.2) is 0 Å². The lowest BCUT2D eigenvalue weighted by Crippen LogP contribution is -2.01. The zero-order valence-corrected chi connectivity index (χ0v) is 23.7. The molecule has 0 heterocycles. The van der Waals surface area contributed by atoms with Crippen LogP contribution in [0.15, 0.2) is 144 Å². The fourth-order valence-electron chi connectivity index (χ4n) is 4.92. The van der Waals surface area contributed by atoms with Gasteiger partial charge in [-0.3, -0.25) is 4.99 Å². The van der Waals surface area contributed by atoms with Crippen molar-refractivity contribution in [3.05, 3.63) is 156 Å². The molecule has 1 heteroatoms. The van der Waals surface area contributed by atoms with Gasteiger partial charge in [-0.2, -0.15) is 0 Å². The predicted octanol–water partition coefficient (Wildman–Crippen LogP) is 10.8. The lowest BCUT2D eigenvalue weighted by atomic mass is 9.87. The van der Waals surface area contributed by atoms with Crippen LogP contribution in [0.2, 0.25) is 0 Å². The summed E-state index contributed by atoms with van der Waals surface area (Å²) in [7, 11) is 0. The highest BCUT2D eigenvalue weighted by Gasteiger charge is 2.17. The second-order valence-electron chi connectivity index (χ2n) is 9.83. The Bertz CT molecular complexity index is 1640. The molecule has 0 N–H and O–H groups in total. The molecule has 5 aromatic rings. The highest BCUT2D eigenvalue weighted by Crippen LogP contribution is 2.40. The third-order valence-electron chi connectivity index (χ3n) is 6.86. The fraction of sp³-hybridized carbons (Fsp3) is 0.132. The van der Waals surface area contributed by atoms with Gasteiger partial charge >= 0.3 is 0 Å². The molecule has 0 spiro atoms. The molecule has 0 aliphatic carbocycles. The molecule has 0 fully saturated rings. The average Bonchev–Trinajstić information content (AvgIpc) is 2.95. The van der Waals surface area contributed by atoms with Gasteiger partial charge in [-0.1, -0.05) is 133 Å². The topological polar surface area (TPSA) is 12.4 Å². The van der Waals surface area contributed by atoms with E-state index < -0.39 is 0 Å². The van der Waals surface area contributed by atoms with E-state index in [4.69, 9.17) is 4.99 Å². The summed E-state index contributed by atoms with van der Waals surface area (Å²) in [5.74, 6) is 0. The Morgan fingerprint density at radius 1 is 0.667 bits per heavy atom. The number of benzene rings is 5. The van der Waals surface area contributed by atoms with Gasteiger partial charge in [0.1, 0.15) is 0 Å². The van der Waals surface area contributed by atoms with E-state index in [1.54, 1.807) is 0 Å². The van der Waals surface area contributed by atoms with Gasteiger partial charge < -0.3 is 0 Å². The third-order valence-corrected chi connectivity index (χ3v) is 6.86. The predicted molar refractivity (Wildman–Crippen MR) is 173 cm³/mol. The van der Waals surface area contributed by atoms with Crippen LogP contribution in [-0.4, -0.2) is 5.71 Å². The first-order valence-electron chi connectivity index (χ1n) is 13.5. The first kappa shape index (κ1) is 27.5. The normalized spacial score (nSPS) is 12.3. The van der Waals surface area contributed by atoms with E-state index >= 15 is 0 Å². The Hall–Kier alpha value is -4.49. The maximum Gasteiger partial charge on any atom is 0.0658 e. The van der Waals surface area contributed by atoms with Gasteiger partial charge in [0.2, 0.25) is 0 Å². The molecule has 39 heavy (non-hydrogen) atoms. The summed E-state index contributed by atoms with van der Waals surface area (Å²) in [5.41, 5.74) is 9.30. The summed E-state index contributed by atoms with van der Waals surface area (Å²) in [6.07, 6.45) is 5.94. The Kier molecular flexibility index (Phi) is 9.07. The van der Waals surface area contributed by atoms with Crippen LogP contribution >= 0.6 is 0 Å². The quantitative estimate of drug-likeness (QED) is 0.127. The van der Waals surface area contributed by atoms with Crippen LogP contribution in [0.1, 0.15) is 37.5 Å². The summed E-state index contributed by atoms with van der Waals surface area (Å²) < 4.78 is 0. The number of fused-ring (bicyclic) bond motifs is 2. The monoisotopic (exact) mass is 507 g/mol. The van der Waals surface area contributed by atoms with Crippen LogP contribution in [0.25, 0.3) is 32.7 Å². The van der Waals surface area contributed by atoms with Crippen molar-refractivity contribution in [1.82, 2.24) is 0 Å². The molecular weight excluding hydrogens is 470 g/mol. The van der Waals surface area contributed by atoms with Crippen LogP contribution in [0.5, 0.6) is 0 Å². The lowest BCUT2D eigenvalue weighted by molar-refractivity contribution is 1.30. The Labute approximate surface area is 233 Å². The summed E-state index contributed by atoms with van der Waals surface area (Å²) >= 11 is 0. The van der Waals surface area contributed by atoms with Crippen molar-refractivity contribution in [2.24, 2.45) is 4.99 Å².